The highest BCUT2D eigenvalue weighted by atomic mass is 32.2. The third-order valence-electron chi connectivity index (χ3n) is 4.11. The van der Waals surface area contributed by atoms with Gasteiger partial charge in [-0.15, -0.1) is 0 Å². The first-order valence-electron chi connectivity index (χ1n) is 8.31. The van der Waals surface area contributed by atoms with Crippen LogP contribution in [0.2, 0.25) is 0 Å². The van der Waals surface area contributed by atoms with Gasteiger partial charge in [0.25, 0.3) is 0 Å². The van der Waals surface area contributed by atoms with Crippen LogP contribution in [0.4, 0.5) is 0 Å². The minimum atomic E-state index is 0.581. The summed E-state index contributed by atoms with van der Waals surface area (Å²) in [5, 5.41) is 1.23. The van der Waals surface area contributed by atoms with Crippen LogP contribution in [0, 0.1) is 6.92 Å². The van der Waals surface area contributed by atoms with Gasteiger partial charge in [0.05, 0.1) is 5.52 Å². The number of hydrogen-bond donors (Lipinski definition) is 1. The van der Waals surface area contributed by atoms with Gasteiger partial charge in [-0.3, -0.25) is 0 Å². The summed E-state index contributed by atoms with van der Waals surface area (Å²) in [6.45, 7) is 2.70. The van der Waals surface area contributed by atoms with Crippen molar-refractivity contribution in [2.75, 3.05) is 0 Å². The monoisotopic (exact) mass is 345 g/mol. The van der Waals surface area contributed by atoms with Crippen LogP contribution in [0.5, 0.6) is 5.75 Å². The summed E-state index contributed by atoms with van der Waals surface area (Å²) in [5.74, 6) is 0.883. The van der Waals surface area contributed by atoms with E-state index in [0.29, 0.717) is 6.61 Å². The van der Waals surface area contributed by atoms with Gasteiger partial charge in [-0.1, -0.05) is 60.3 Å². The van der Waals surface area contributed by atoms with Crippen molar-refractivity contribution < 1.29 is 4.74 Å². The molecule has 1 N–H and O–H groups in total. The fourth-order valence-corrected chi connectivity index (χ4v) is 3.88. The summed E-state index contributed by atoms with van der Waals surface area (Å²) in [5.41, 5.74) is 3.47. The molecular formula is C22H19NOS. The average molecular weight is 345 g/mol. The standard InChI is InChI=1S/C22H19NOS/c1-16-22(25-19-10-6-3-7-11-19)20-13-12-18(14-21(20)23-16)24-15-17-8-4-2-5-9-17/h2-14,23H,15H2,1H3. The molecule has 0 fully saturated rings. The predicted molar refractivity (Wildman–Crippen MR) is 104 cm³/mol. The molecule has 4 rings (SSSR count). The molecule has 0 radical (unpaired) electrons. The maximum atomic E-state index is 5.94. The minimum Gasteiger partial charge on any atom is -0.489 e. The Morgan fingerprint density at radius 1 is 0.880 bits per heavy atom. The molecule has 25 heavy (non-hydrogen) atoms. The highest BCUT2D eigenvalue weighted by Gasteiger charge is 2.11. The van der Waals surface area contributed by atoms with Gasteiger partial charge in [0.1, 0.15) is 12.4 Å². The molecule has 0 aliphatic heterocycles. The zero-order valence-corrected chi connectivity index (χ0v) is 14.8. The molecule has 0 atom stereocenters. The van der Waals surface area contributed by atoms with Crippen molar-refractivity contribution in [2.45, 2.75) is 23.3 Å². The molecule has 0 aliphatic rings. The van der Waals surface area contributed by atoms with E-state index >= 15 is 0 Å². The number of ether oxygens (including phenoxy) is 1. The van der Waals surface area contributed by atoms with Gasteiger partial charge in [0.15, 0.2) is 0 Å². The molecule has 0 spiro atoms. The van der Waals surface area contributed by atoms with Gasteiger partial charge >= 0.3 is 0 Å². The van der Waals surface area contributed by atoms with Gasteiger partial charge in [-0.2, -0.15) is 0 Å². The van der Waals surface area contributed by atoms with Crippen LogP contribution >= 0.6 is 11.8 Å². The molecule has 0 aliphatic carbocycles. The zero-order chi connectivity index (χ0) is 17.1. The first-order chi connectivity index (χ1) is 12.3. The van der Waals surface area contributed by atoms with Gasteiger partial charge in [0, 0.05) is 26.9 Å². The molecular weight excluding hydrogens is 326 g/mol. The number of nitrogens with one attached hydrogen (secondary N) is 1. The van der Waals surface area contributed by atoms with E-state index in [-0.39, 0.29) is 0 Å². The normalized spacial score (nSPS) is 10.9. The highest BCUT2D eigenvalue weighted by Crippen LogP contribution is 2.37. The molecule has 4 aromatic rings. The van der Waals surface area contributed by atoms with E-state index in [0.717, 1.165) is 11.3 Å². The first-order valence-corrected chi connectivity index (χ1v) is 9.13. The lowest BCUT2D eigenvalue weighted by Crippen LogP contribution is -1.94. The van der Waals surface area contributed by atoms with Gasteiger partial charge < -0.3 is 9.72 Å². The Morgan fingerprint density at radius 3 is 2.36 bits per heavy atom. The Kier molecular flexibility index (Phi) is 4.49. The van der Waals surface area contributed by atoms with Crippen LogP contribution in [0.3, 0.4) is 0 Å². The largest absolute Gasteiger partial charge is 0.489 e. The van der Waals surface area contributed by atoms with E-state index < -0.39 is 0 Å². The average Bonchev–Trinajstić information content (AvgIpc) is 2.96. The van der Waals surface area contributed by atoms with E-state index in [2.05, 4.69) is 60.4 Å². The Balaban J connectivity index is 1.57. The van der Waals surface area contributed by atoms with Crippen molar-refractivity contribution in [1.29, 1.82) is 0 Å². The van der Waals surface area contributed by atoms with E-state index in [1.165, 1.54) is 26.4 Å². The fraction of sp³-hybridized carbons (Fsp3) is 0.0909. The summed E-state index contributed by atoms with van der Waals surface area (Å²) in [7, 11) is 0. The molecule has 3 heteroatoms. The Bertz CT molecular complexity index is 977. The molecule has 124 valence electrons. The number of benzene rings is 3. The van der Waals surface area contributed by atoms with E-state index in [1.807, 2.05) is 30.3 Å². The number of aromatic nitrogens is 1. The molecule has 0 bridgehead atoms. The summed E-state index contributed by atoms with van der Waals surface area (Å²) in [6.07, 6.45) is 0. The first kappa shape index (κ1) is 15.9. The SMILES string of the molecule is Cc1[nH]c2cc(OCc3ccccc3)ccc2c1Sc1ccccc1. The van der Waals surface area contributed by atoms with Crippen molar-refractivity contribution >= 4 is 22.7 Å². The third-order valence-corrected chi connectivity index (χ3v) is 5.35. The fourth-order valence-electron chi connectivity index (χ4n) is 2.85. The van der Waals surface area contributed by atoms with Gasteiger partial charge in [-0.05, 0) is 36.8 Å². The highest BCUT2D eigenvalue weighted by molar-refractivity contribution is 7.99. The topological polar surface area (TPSA) is 25.0 Å². The van der Waals surface area contributed by atoms with Crippen LogP contribution in [-0.2, 0) is 6.61 Å². The molecule has 2 nitrogen and oxygen atoms in total. The van der Waals surface area contributed by atoms with Crippen molar-refractivity contribution in [3.63, 3.8) is 0 Å². The summed E-state index contributed by atoms with van der Waals surface area (Å²) >= 11 is 1.79. The van der Waals surface area contributed by atoms with Crippen molar-refractivity contribution in [3.05, 3.63) is 90.1 Å². The predicted octanol–water partition coefficient (Wildman–Crippen LogP) is 6.21. The van der Waals surface area contributed by atoms with Crippen LogP contribution in [0.25, 0.3) is 10.9 Å². The van der Waals surface area contributed by atoms with Crippen molar-refractivity contribution in [2.24, 2.45) is 0 Å². The van der Waals surface area contributed by atoms with E-state index in [4.69, 9.17) is 4.74 Å². The number of fused-ring (bicyclic) bond motifs is 1. The van der Waals surface area contributed by atoms with Gasteiger partial charge in [0.2, 0.25) is 0 Å². The lowest BCUT2D eigenvalue weighted by Gasteiger charge is -2.06. The maximum absolute atomic E-state index is 5.94. The third kappa shape index (κ3) is 3.57. The molecule has 0 unspecified atom stereocenters. The molecule has 0 saturated carbocycles. The van der Waals surface area contributed by atoms with Crippen molar-refractivity contribution in [3.8, 4) is 5.75 Å². The summed E-state index contributed by atoms with van der Waals surface area (Å²) in [6, 6.07) is 27.0. The summed E-state index contributed by atoms with van der Waals surface area (Å²) in [4.78, 5) is 6.01. The molecule has 3 aromatic carbocycles. The summed E-state index contributed by atoms with van der Waals surface area (Å²) < 4.78 is 5.94. The number of aryl methyl sites for hydroxylation is 1. The quantitative estimate of drug-likeness (QED) is 0.465. The van der Waals surface area contributed by atoms with Crippen LogP contribution in [-0.4, -0.2) is 4.98 Å². The second-order valence-corrected chi connectivity index (χ2v) is 7.06. The minimum absolute atomic E-state index is 0.581. The molecule has 1 aromatic heterocycles. The Hall–Kier alpha value is -2.65. The number of H-pyrrole nitrogens is 1. The molecule has 0 amide bonds. The molecule has 0 saturated heterocycles. The Labute approximate surface area is 151 Å². The smallest absolute Gasteiger partial charge is 0.121 e. The van der Waals surface area contributed by atoms with Crippen LogP contribution < -0.4 is 4.74 Å². The van der Waals surface area contributed by atoms with Crippen LogP contribution in [0.15, 0.2) is 88.7 Å². The number of rotatable bonds is 5. The zero-order valence-electron chi connectivity index (χ0n) is 14.0. The van der Waals surface area contributed by atoms with Crippen molar-refractivity contribution in [1.82, 2.24) is 4.98 Å². The molecule has 1 heterocycles. The second kappa shape index (κ2) is 7.08. The van der Waals surface area contributed by atoms with E-state index in [9.17, 15) is 0 Å². The Morgan fingerprint density at radius 2 is 1.60 bits per heavy atom. The number of aromatic amines is 1. The second-order valence-electron chi connectivity index (χ2n) is 5.98. The lowest BCUT2D eigenvalue weighted by atomic mass is 10.2. The lowest BCUT2D eigenvalue weighted by molar-refractivity contribution is 0.306. The van der Waals surface area contributed by atoms with Gasteiger partial charge in [-0.25, -0.2) is 0 Å². The van der Waals surface area contributed by atoms with E-state index in [1.54, 1.807) is 11.8 Å². The number of hydrogen-bond acceptors (Lipinski definition) is 2. The maximum Gasteiger partial charge on any atom is 0.121 e. The van der Waals surface area contributed by atoms with Crippen LogP contribution in [0.1, 0.15) is 11.3 Å².